The first kappa shape index (κ1) is 16.5. The molecule has 0 heterocycles. The highest BCUT2D eigenvalue weighted by Gasteiger charge is 2.16. The Morgan fingerprint density at radius 2 is 1.95 bits per heavy atom. The molecule has 0 aromatic heterocycles. The minimum atomic E-state index is -1.05. The number of hydrogen-bond donors (Lipinski definition) is 1. The van der Waals surface area contributed by atoms with Crippen molar-refractivity contribution < 1.29 is 19.1 Å². The van der Waals surface area contributed by atoms with Crippen LogP contribution in [0.3, 0.4) is 0 Å². The molecule has 0 aliphatic heterocycles. The number of benzene rings is 1. The molecular formula is C14H18FNO3S. The number of thioether (sulfide) groups is 1. The number of carbonyl (C=O) groups excluding carboxylic acids is 1. The van der Waals surface area contributed by atoms with Crippen molar-refractivity contribution >= 4 is 23.6 Å². The van der Waals surface area contributed by atoms with Gasteiger partial charge in [-0.25, -0.2) is 4.39 Å². The van der Waals surface area contributed by atoms with Crippen LogP contribution >= 0.6 is 11.8 Å². The Kier molecular flexibility index (Phi) is 7.08. The van der Waals surface area contributed by atoms with E-state index in [1.54, 1.807) is 23.9 Å². The molecule has 0 saturated carbocycles. The summed E-state index contributed by atoms with van der Waals surface area (Å²) in [5.41, 5.74) is 0.714. The van der Waals surface area contributed by atoms with Gasteiger partial charge in [0.05, 0.1) is 0 Å². The van der Waals surface area contributed by atoms with Gasteiger partial charge < -0.3 is 10.0 Å². The number of carboxylic acids is 1. The van der Waals surface area contributed by atoms with E-state index in [0.717, 1.165) is 12.2 Å². The van der Waals surface area contributed by atoms with Gasteiger partial charge in [-0.1, -0.05) is 12.1 Å². The molecule has 0 spiro atoms. The van der Waals surface area contributed by atoms with E-state index in [1.807, 2.05) is 6.26 Å². The predicted molar refractivity (Wildman–Crippen MR) is 77.1 cm³/mol. The zero-order chi connectivity index (χ0) is 15.0. The van der Waals surface area contributed by atoms with Crippen LogP contribution in [-0.2, 0) is 16.1 Å². The third-order valence-corrected chi connectivity index (χ3v) is 3.40. The fraction of sp³-hybridized carbons (Fsp3) is 0.429. The highest BCUT2D eigenvalue weighted by atomic mass is 32.2. The van der Waals surface area contributed by atoms with Gasteiger partial charge in [0.2, 0.25) is 5.91 Å². The van der Waals surface area contributed by atoms with E-state index < -0.39 is 5.97 Å². The van der Waals surface area contributed by atoms with Gasteiger partial charge in [0.15, 0.2) is 0 Å². The van der Waals surface area contributed by atoms with Crippen molar-refractivity contribution in [2.24, 2.45) is 0 Å². The van der Waals surface area contributed by atoms with Crippen LogP contribution in [0.4, 0.5) is 4.39 Å². The number of rotatable bonds is 8. The predicted octanol–water partition coefficient (Wildman–Crippen LogP) is 2.38. The molecule has 20 heavy (non-hydrogen) atoms. The second kappa shape index (κ2) is 8.58. The topological polar surface area (TPSA) is 57.6 Å². The van der Waals surface area contributed by atoms with Gasteiger partial charge in [0.1, 0.15) is 12.4 Å². The first-order valence-corrected chi connectivity index (χ1v) is 7.65. The summed E-state index contributed by atoms with van der Waals surface area (Å²) in [5.74, 6) is -0.732. The van der Waals surface area contributed by atoms with E-state index in [9.17, 15) is 14.0 Å². The maximum atomic E-state index is 12.8. The molecule has 0 fully saturated rings. The molecule has 1 rings (SSSR count). The maximum absolute atomic E-state index is 12.8. The average Bonchev–Trinajstić information content (AvgIpc) is 2.40. The van der Waals surface area contributed by atoms with Gasteiger partial charge >= 0.3 is 5.97 Å². The number of amides is 1. The van der Waals surface area contributed by atoms with Gasteiger partial charge in [-0.3, -0.25) is 9.59 Å². The van der Waals surface area contributed by atoms with Crippen molar-refractivity contribution in [3.8, 4) is 0 Å². The van der Waals surface area contributed by atoms with Crippen LogP contribution in [0.15, 0.2) is 24.3 Å². The summed E-state index contributed by atoms with van der Waals surface area (Å²) < 4.78 is 12.8. The number of nitrogens with zero attached hydrogens (tertiary/aromatic N) is 1. The van der Waals surface area contributed by atoms with Crippen LogP contribution in [0, 0.1) is 5.82 Å². The molecule has 1 N–H and O–H groups in total. The van der Waals surface area contributed by atoms with Crippen molar-refractivity contribution in [2.75, 3.05) is 18.6 Å². The summed E-state index contributed by atoms with van der Waals surface area (Å²) in [6, 6.07) is 5.71. The van der Waals surface area contributed by atoms with Gasteiger partial charge in [-0.2, -0.15) is 11.8 Å². The van der Waals surface area contributed by atoms with Crippen molar-refractivity contribution in [1.82, 2.24) is 4.90 Å². The Labute approximate surface area is 122 Å². The fourth-order valence-corrected chi connectivity index (χ4v) is 2.16. The van der Waals surface area contributed by atoms with Crippen LogP contribution in [0.25, 0.3) is 0 Å². The van der Waals surface area contributed by atoms with Gasteiger partial charge in [0.25, 0.3) is 0 Å². The Bertz CT molecular complexity index is 450. The third-order valence-electron chi connectivity index (χ3n) is 2.70. The van der Waals surface area contributed by atoms with Gasteiger partial charge in [0, 0.05) is 13.0 Å². The molecule has 4 nitrogen and oxygen atoms in total. The Morgan fingerprint density at radius 3 is 2.50 bits per heavy atom. The van der Waals surface area contributed by atoms with E-state index in [2.05, 4.69) is 0 Å². The first-order valence-electron chi connectivity index (χ1n) is 6.26. The summed E-state index contributed by atoms with van der Waals surface area (Å²) in [5, 5.41) is 8.87. The third kappa shape index (κ3) is 6.06. The van der Waals surface area contributed by atoms with Crippen molar-refractivity contribution in [2.45, 2.75) is 19.4 Å². The molecule has 1 aromatic rings. The van der Waals surface area contributed by atoms with Crippen LogP contribution in [0.2, 0.25) is 0 Å². The molecular weight excluding hydrogens is 281 g/mol. The summed E-state index contributed by atoms with van der Waals surface area (Å²) >= 11 is 1.65. The minimum absolute atomic E-state index is 0.185. The van der Waals surface area contributed by atoms with Gasteiger partial charge in [-0.05, 0) is 36.1 Å². The molecule has 0 aliphatic rings. The molecule has 1 amide bonds. The second-order valence-electron chi connectivity index (χ2n) is 4.37. The van der Waals surface area contributed by atoms with E-state index >= 15 is 0 Å². The molecule has 0 aliphatic carbocycles. The normalized spacial score (nSPS) is 10.3. The molecule has 0 radical (unpaired) electrons. The van der Waals surface area contributed by atoms with Crippen LogP contribution < -0.4 is 0 Å². The largest absolute Gasteiger partial charge is 0.480 e. The number of hydrogen-bond acceptors (Lipinski definition) is 3. The number of aliphatic carboxylic acids is 1. The zero-order valence-electron chi connectivity index (χ0n) is 11.3. The molecule has 0 saturated heterocycles. The van der Waals surface area contributed by atoms with E-state index in [-0.39, 0.29) is 24.8 Å². The lowest BCUT2D eigenvalue weighted by molar-refractivity contribution is -0.144. The maximum Gasteiger partial charge on any atom is 0.323 e. The summed E-state index contributed by atoms with van der Waals surface area (Å²) in [6.45, 7) is -0.153. The number of carboxylic acid groups (broad SMARTS) is 1. The molecule has 6 heteroatoms. The van der Waals surface area contributed by atoms with Crippen LogP contribution in [0.1, 0.15) is 18.4 Å². The zero-order valence-corrected chi connectivity index (χ0v) is 12.2. The summed E-state index contributed by atoms with van der Waals surface area (Å²) in [7, 11) is 0. The van der Waals surface area contributed by atoms with Crippen LogP contribution in [-0.4, -0.2) is 40.4 Å². The van der Waals surface area contributed by atoms with E-state index in [4.69, 9.17) is 5.11 Å². The Morgan fingerprint density at radius 1 is 1.30 bits per heavy atom. The van der Waals surface area contributed by atoms with Crippen molar-refractivity contribution in [3.63, 3.8) is 0 Å². The summed E-state index contributed by atoms with van der Waals surface area (Å²) in [4.78, 5) is 24.1. The minimum Gasteiger partial charge on any atom is -0.480 e. The van der Waals surface area contributed by atoms with Crippen molar-refractivity contribution in [3.05, 3.63) is 35.6 Å². The standard InChI is InChI=1S/C14H18FNO3S/c1-20-8-2-3-13(17)16(10-14(18)19)9-11-4-6-12(15)7-5-11/h4-7H,2-3,8-10H2,1H3,(H,18,19). The second-order valence-corrected chi connectivity index (χ2v) is 5.35. The SMILES string of the molecule is CSCCCC(=O)N(CC(=O)O)Cc1ccc(F)cc1. The fourth-order valence-electron chi connectivity index (χ4n) is 1.73. The monoisotopic (exact) mass is 299 g/mol. The average molecular weight is 299 g/mol. The lowest BCUT2D eigenvalue weighted by atomic mass is 10.2. The summed E-state index contributed by atoms with van der Waals surface area (Å²) in [6.07, 6.45) is 3.01. The first-order chi connectivity index (χ1) is 9.52. The highest BCUT2D eigenvalue weighted by molar-refractivity contribution is 7.98. The molecule has 110 valence electrons. The Balaban J connectivity index is 2.65. The molecule has 0 atom stereocenters. The van der Waals surface area contributed by atoms with Crippen molar-refractivity contribution in [1.29, 1.82) is 0 Å². The Hall–Kier alpha value is -1.56. The number of halogens is 1. The lowest BCUT2D eigenvalue weighted by Crippen LogP contribution is -2.35. The quantitative estimate of drug-likeness (QED) is 0.749. The van der Waals surface area contributed by atoms with E-state index in [0.29, 0.717) is 12.0 Å². The lowest BCUT2D eigenvalue weighted by Gasteiger charge is -2.21. The molecule has 0 unspecified atom stereocenters. The van der Waals surface area contributed by atoms with Gasteiger partial charge in [-0.15, -0.1) is 0 Å². The highest BCUT2D eigenvalue weighted by Crippen LogP contribution is 2.09. The molecule has 1 aromatic carbocycles. The molecule has 0 bridgehead atoms. The number of carbonyl (C=O) groups is 2. The van der Waals surface area contributed by atoms with E-state index in [1.165, 1.54) is 17.0 Å². The van der Waals surface area contributed by atoms with Crippen LogP contribution in [0.5, 0.6) is 0 Å². The smallest absolute Gasteiger partial charge is 0.323 e.